The van der Waals surface area contributed by atoms with E-state index in [2.05, 4.69) is 53.6 Å². The van der Waals surface area contributed by atoms with Crippen LogP contribution in [-0.2, 0) is 13.1 Å². The lowest BCUT2D eigenvalue weighted by atomic mass is 10.0. The highest BCUT2D eigenvalue weighted by molar-refractivity contribution is 7.16. The third-order valence-corrected chi connectivity index (χ3v) is 5.11. The average molecular weight is 342 g/mol. The maximum absolute atomic E-state index is 12.4. The van der Waals surface area contributed by atoms with Crippen LogP contribution in [0.1, 0.15) is 49.7 Å². The molecule has 0 saturated carbocycles. The molecule has 0 aliphatic rings. The molecule has 1 aromatic carbocycles. The molecule has 24 heavy (non-hydrogen) atoms. The molecule has 0 aliphatic heterocycles. The molecule has 0 spiro atoms. The summed E-state index contributed by atoms with van der Waals surface area (Å²) in [5, 5.41) is 4.24. The molecule has 0 atom stereocenters. The maximum atomic E-state index is 12.4. The molecule has 5 nitrogen and oxygen atoms in total. The van der Waals surface area contributed by atoms with Crippen LogP contribution < -0.4 is 4.80 Å². The SMILES string of the molecule is CCn1ccc(C(=O)N=c2sc3cc(C(C)C)ccc3n2CC)n1. The maximum Gasteiger partial charge on any atom is 0.300 e. The normalized spacial score (nSPS) is 12.5. The summed E-state index contributed by atoms with van der Waals surface area (Å²) in [6, 6.07) is 8.20. The van der Waals surface area contributed by atoms with E-state index in [-0.39, 0.29) is 5.91 Å². The lowest BCUT2D eigenvalue weighted by molar-refractivity contribution is 0.0992. The number of hydrogen-bond acceptors (Lipinski definition) is 3. The molecule has 0 bridgehead atoms. The standard InChI is InChI=1S/C18H22N4OS/c1-5-21-10-9-14(20-21)17(23)19-18-22(6-2)15-8-7-13(12(3)4)11-16(15)24-18/h7-12H,5-6H2,1-4H3. The van der Waals surface area contributed by atoms with E-state index >= 15 is 0 Å². The molecule has 0 unspecified atom stereocenters. The molecule has 0 N–H and O–H groups in total. The van der Waals surface area contributed by atoms with Crippen molar-refractivity contribution in [3.63, 3.8) is 0 Å². The van der Waals surface area contributed by atoms with Gasteiger partial charge in [0.15, 0.2) is 10.5 Å². The lowest BCUT2D eigenvalue weighted by Gasteiger charge is -2.05. The Labute approximate surface area is 145 Å². The van der Waals surface area contributed by atoms with Crippen LogP contribution in [-0.4, -0.2) is 20.3 Å². The van der Waals surface area contributed by atoms with Crippen LogP contribution in [0.5, 0.6) is 0 Å². The van der Waals surface area contributed by atoms with Crippen LogP contribution in [0.3, 0.4) is 0 Å². The summed E-state index contributed by atoms with van der Waals surface area (Å²) in [5.74, 6) is 0.187. The zero-order valence-corrected chi connectivity index (χ0v) is 15.3. The van der Waals surface area contributed by atoms with Gasteiger partial charge in [-0.05, 0) is 43.5 Å². The van der Waals surface area contributed by atoms with Crippen molar-refractivity contribution in [2.24, 2.45) is 4.99 Å². The van der Waals surface area contributed by atoms with Crippen molar-refractivity contribution in [2.45, 2.75) is 46.7 Å². The van der Waals surface area contributed by atoms with Crippen molar-refractivity contribution < 1.29 is 4.79 Å². The number of carbonyl (C=O) groups is 1. The van der Waals surface area contributed by atoms with Crippen molar-refractivity contribution >= 4 is 27.5 Å². The van der Waals surface area contributed by atoms with Gasteiger partial charge in [0.2, 0.25) is 0 Å². The van der Waals surface area contributed by atoms with E-state index in [1.165, 1.54) is 5.56 Å². The van der Waals surface area contributed by atoms with E-state index in [0.717, 1.165) is 28.1 Å². The fourth-order valence-corrected chi connectivity index (χ4v) is 3.78. The molecular formula is C18H22N4OS. The highest BCUT2D eigenvalue weighted by atomic mass is 32.1. The van der Waals surface area contributed by atoms with Crippen LogP contribution in [0.15, 0.2) is 35.5 Å². The largest absolute Gasteiger partial charge is 0.317 e. The summed E-state index contributed by atoms with van der Waals surface area (Å²) in [6.07, 6.45) is 1.80. The summed E-state index contributed by atoms with van der Waals surface area (Å²) >= 11 is 1.56. The molecule has 2 heterocycles. The van der Waals surface area contributed by atoms with Gasteiger partial charge in [0.25, 0.3) is 5.91 Å². The average Bonchev–Trinajstić information content (AvgIpc) is 3.17. The van der Waals surface area contributed by atoms with Gasteiger partial charge in [-0.3, -0.25) is 9.48 Å². The number of benzene rings is 1. The zero-order chi connectivity index (χ0) is 17.3. The molecule has 6 heteroatoms. The highest BCUT2D eigenvalue weighted by Gasteiger charge is 2.11. The van der Waals surface area contributed by atoms with Crippen molar-refractivity contribution in [3.05, 3.63) is 46.5 Å². The van der Waals surface area contributed by atoms with Crippen LogP contribution in [0, 0.1) is 0 Å². The Hall–Kier alpha value is -2.21. The number of aryl methyl sites for hydroxylation is 2. The van der Waals surface area contributed by atoms with Gasteiger partial charge in [-0.25, -0.2) is 0 Å². The van der Waals surface area contributed by atoms with E-state index < -0.39 is 0 Å². The number of thiazole rings is 1. The lowest BCUT2D eigenvalue weighted by Crippen LogP contribution is -2.16. The summed E-state index contributed by atoms with van der Waals surface area (Å²) in [5.41, 5.74) is 2.81. The fraction of sp³-hybridized carbons (Fsp3) is 0.389. The topological polar surface area (TPSA) is 52.2 Å². The Morgan fingerprint density at radius 3 is 2.67 bits per heavy atom. The van der Waals surface area contributed by atoms with Gasteiger partial charge < -0.3 is 4.57 Å². The first kappa shape index (κ1) is 16.6. The molecule has 0 radical (unpaired) electrons. The minimum absolute atomic E-state index is 0.292. The van der Waals surface area contributed by atoms with Crippen molar-refractivity contribution in [2.75, 3.05) is 0 Å². The molecule has 3 rings (SSSR count). The second-order valence-corrected chi connectivity index (χ2v) is 6.99. The van der Waals surface area contributed by atoms with Crippen LogP contribution in [0.25, 0.3) is 10.2 Å². The quantitative estimate of drug-likeness (QED) is 0.724. The molecule has 2 aromatic heterocycles. The number of nitrogens with zero attached hydrogens (tertiary/aromatic N) is 4. The molecular weight excluding hydrogens is 320 g/mol. The van der Waals surface area contributed by atoms with Crippen molar-refractivity contribution in [1.82, 2.24) is 14.3 Å². The number of aromatic nitrogens is 3. The van der Waals surface area contributed by atoms with E-state index in [1.807, 2.05) is 6.92 Å². The number of rotatable bonds is 4. The van der Waals surface area contributed by atoms with E-state index in [0.29, 0.717) is 11.6 Å². The first-order valence-corrected chi connectivity index (χ1v) is 9.11. The Balaban J connectivity index is 2.08. The predicted octanol–water partition coefficient (Wildman–Crippen LogP) is 3.80. The van der Waals surface area contributed by atoms with Gasteiger partial charge in [-0.2, -0.15) is 10.1 Å². The number of hydrogen-bond donors (Lipinski definition) is 0. The van der Waals surface area contributed by atoms with Gasteiger partial charge in [0, 0.05) is 19.3 Å². The van der Waals surface area contributed by atoms with E-state index in [1.54, 1.807) is 28.3 Å². The Kier molecular flexibility index (Phi) is 4.66. The third kappa shape index (κ3) is 3.06. The van der Waals surface area contributed by atoms with Crippen LogP contribution in [0.2, 0.25) is 0 Å². The number of carbonyl (C=O) groups excluding carboxylic acids is 1. The van der Waals surface area contributed by atoms with E-state index in [9.17, 15) is 4.79 Å². The Bertz CT molecular complexity index is 945. The fourth-order valence-electron chi connectivity index (χ4n) is 2.64. The molecule has 0 fully saturated rings. The second-order valence-electron chi connectivity index (χ2n) is 5.98. The first-order valence-electron chi connectivity index (χ1n) is 8.29. The van der Waals surface area contributed by atoms with E-state index in [4.69, 9.17) is 0 Å². The summed E-state index contributed by atoms with van der Waals surface area (Å²) in [7, 11) is 0. The monoisotopic (exact) mass is 342 g/mol. The van der Waals surface area contributed by atoms with Crippen LogP contribution in [0.4, 0.5) is 0 Å². The number of amides is 1. The predicted molar refractivity (Wildman–Crippen MR) is 97.4 cm³/mol. The molecule has 0 saturated heterocycles. The zero-order valence-electron chi connectivity index (χ0n) is 14.5. The molecule has 1 amide bonds. The Morgan fingerprint density at radius 2 is 2.04 bits per heavy atom. The van der Waals surface area contributed by atoms with Crippen molar-refractivity contribution in [1.29, 1.82) is 0 Å². The van der Waals surface area contributed by atoms with Crippen molar-refractivity contribution in [3.8, 4) is 0 Å². The van der Waals surface area contributed by atoms with Gasteiger partial charge in [-0.15, -0.1) is 0 Å². The Morgan fingerprint density at radius 1 is 1.25 bits per heavy atom. The summed E-state index contributed by atoms with van der Waals surface area (Å²) in [4.78, 5) is 17.5. The minimum Gasteiger partial charge on any atom is -0.317 e. The minimum atomic E-state index is -0.292. The van der Waals surface area contributed by atoms with Gasteiger partial charge in [0.05, 0.1) is 10.2 Å². The highest BCUT2D eigenvalue weighted by Crippen LogP contribution is 2.23. The number of fused-ring (bicyclic) bond motifs is 1. The van der Waals surface area contributed by atoms with Crippen LogP contribution >= 0.6 is 11.3 Å². The second kappa shape index (κ2) is 6.73. The van der Waals surface area contributed by atoms with Gasteiger partial charge in [-0.1, -0.05) is 31.3 Å². The first-order chi connectivity index (χ1) is 11.5. The molecule has 126 valence electrons. The summed E-state index contributed by atoms with van der Waals surface area (Å²) < 4.78 is 4.98. The van der Waals surface area contributed by atoms with Gasteiger partial charge in [0.1, 0.15) is 0 Å². The summed E-state index contributed by atoms with van der Waals surface area (Å²) in [6.45, 7) is 9.93. The smallest absolute Gasteiger partial charge is 0.300 e. The molecule has 0 aliphatic carbocycles. The van der Waals surface area contributed by atoms with Gasteiger partial charge >= 0.3 is 0 Å². The third-order valence-electron chi connectivity index (χ3n) is 4.07. The molecule has 3 aromatic rings.